The minimum absolute atomic E-state index is 0. The van der Waals surface area contributed by atoms with Gasteiger partial charge >= 0.3 is 0 Å². The largest absolute Gasteiger partial charge is 0.479 e. The molecule has 0 aliphatic carbocycles. The van der Waals surface area contributed by atoms with E-state index in [0.717, 1.165) is 47.4 Å². The highest BCUT2D eigenvalue weighted by Gasteiger charge is 2.25. The average molecular weight is 418 g/mol. The summed E-state index contributed by atoms with van der Waals surface area (Å²) in [5, 5.41) is 5.31. The molecule has 3 rings (SSSR count). The number of fused-ring (bicyclic) bond motifs is 1. The smallest absolute Gasteiger partial charge is 0.242 e. The molecule has 1 fully saturated rings. The number of nitrogens with zero attached hydrogens (tertiary/aromatic N) is 4. The highest BCUT2D eigenvalue weighted by Crippen LogP contribution is 2.30. The molecule has 0 radical (unpaired) electrons. The van der Waals surface area contributed by atoms with Crippen LogP contribution in [0.15, 0.2) is 0 Å². The maximum absolute atomic E-state index is 12.5. The van der Waals surface area contributed by atoms with Crippen molar-refractivity contribution in [2.45, 2.75) is 33.1 Å². The summed E-state index contributed by atoms with van der Waals surface area (Å²) in [6.07, 6.45) is 2.19. The van der Waals surface area contributed by atoms with E-state index in [2.05, 4.69) is 17.0 Å². The number of nitrogens with two attached hydrogens (primary N) is 1. The molecule has 0 spiro atoms. The first-order valence-electron chi connectivity index (χ1n) is 8.80. The molecule has 0 aromatic carbocycles. The van der Waals surface area contributed by atoms with Crippen LogP contribution in [0.3, 0.4) is 0 Å². The van der Waals surface area contributed by atoms with Crippen LogP contribution in [0.1, 0.15) is 29.7 Å². The van der Waals surface area contributed by atoms with E-state index in [-0.39, 0.29) is 30.7 Å². The van der Waals surface area contributed by atoms with E-state index >= 15 is 0 Å². The van der Waals surface area contributed by atoms with Gasteiger partial charge in [-0.05, 0) is 50.3 Å². The van der Waals surface area contributed by atoms with E-state index in [1.54, 1.807) is 11.8 Å². The number of pyridine rings is 1. The summed E-state index contributed by atoms with van der Waals surface area (Å²) in [4.78, 5) is 19.1. The van der Waals surface area contributed by atoms with Gasteiger partial charge in [0.1, 0.15) is 0 Å². The van der Waals surface area contributed by atoms with E-state index in [1.807, 2.05) is 18.9 Å². The minimum atomic E-state index is 0. The maximum Gasteiger partial charge on any atom is 0.242 e. The van der Waals surface area contributed by atoms with Gasteiger partial charge in [0.15, 0.2) is 5.65 Å². The molecule has 1 saturated heterocycles. The molecule has 0 bridgehead atoms. The van der Waals surface area contributed by atoms with Crippen LogP contribution < -0.4 is 10.5 Å². The second kappa shape index (κ2) is 9.57. The van der Waals surface area contributed by atoms with Gasteiger partial charge in [0.2, 0.25) is 11.8 Å². The lowest BCUT2D eigenvalue weighted by Crippen LogP contribution is -2.30. The fourth-order valence-corrected chi connectivity index (χ4v) is 3.75. The molecule has 7 nitrogen and oxygen atoms in total. The van der Waals surface area contributed by atoms with Crippen LogP contribution in [0.2, 0.25) is 0 Å². The number of amides is 1. The van der Waals surface area contributed by atoms with Crippen molar-refractivity contribution in [1.82, 2.24) is 19.7 Å². The lowest BCUT2D eigenvalue weighted by Gasteiger charge is -2.17. The summed E-state index contributed by atoms with van der Waals surface area (Å²) in [6.45, 7) is 6.32. The Hall–Kier alpha value is -1.57. The number of aromatic nitrogens is 3. The number of likely N-dealkylation sites (tertiary alicyclic amines) is 1. The molecule has 1 aliphatic rings. The van der Waals surface area contributed by atoms with Crippen molar-refractivity contribution in [3.63, 3.8) is 0 Å². The molecule has 1 atom stereocenters. The number of carbonyl (C=O) groups is 1. The molecular formula is C18H29Cl2N5O2. The number of methoxy groups -OCH3 is 1. The predicted octanol–water partition coefficient (Wildman–Crippen LogP) is 2.18. The lowest BCUT2D eigenvalue weighted by molar-refractivity contribution is -0.130. The monoisotopic (exact) mass is 417 g/mol. The van der Waals surface area contributed by atoms with Crippen LogP contribution in [0.5, 0.6) is 5.88 Å². The minimum Gasteiger partial charge on any atom is -0.479 e. The van der Waals surface area contributed by atoms with E-state index in [1.165, 1.54) is 0 Å². The molecule has 0 saturated carbocycles. The standard InChI is InChI=1S/C18H27N5O2.2ClH/c1-11-14(5-6-15(24)23-8-7-13(9-19)10-23)12(2)20-17-16(11)18(25-4)21-22(17)3;;/h13H,5-10,19H2,1-4H3;2*1H. The van der Waals surface area contributed by atoms with Crippen molar-refractivity contribution in [3.05, 3.63) is 16.8 Å². The molecule has 1 amide bonds. The van der Waals surface area contributed by atoms with Crippen LogP contribution in [0, 0.1) is 19.8 Å². The predicted molar refractivity (Wildman–Crippen MR) is 111 cm³/mol. The molecule has 2 aromatic rings. The highest BCUT2D eigenvalue weighted by atomic mass is 35.5. The van der Waals surface area contributed by atoms with E-state index < -0.39 is 0 Å². The van der Waals surface area contributed by atoms with Crippen LogP contribution in [0.4, 0.5) is 0 Å². The number of carbonyl (C=O) groups excluding carboxylic acids is 1. The van der Waals surface area contributed by atoms with Gasteiger partial charge in [-0.1, -0.05) is 0 Å². The molecule has 3 heterocycles. The van der Waals surface area contributed by atoms with Crippen molar-refractivity contribution in [3.8, 4) is 5.88 Å². The second-order valence-corrected chi connectivity index (χ2v) is 6.86. The summed E-state index contributed by atoms with van der Waals surface area (Å²) in [6, 6.07) is 0. The Morgan fingerprint density at radius 2 is 2.04 bits per heavy atom. The number of halogens is 2. The van der Waals surface area contributed by atoms with Gasteiger partial charge in [-0.25, -0.2) is 9.67 Å². The third kappa shape index (κ3) is 4.47. The van der Waals surface area contributed by atoms with Gasteiger partial charge in [-0.2, -0.15) is 0 Å². The Kier molecular flexibility index (Phi) is 8.32. The second-order valence-electron chi connectivity index (χ2n) is 6.86. The number of hydrogen-bond acceptors (Lipinski definition) is 5. The highest BCUT2D eigenvalue weighted by molar-refractivity contribution is 5.86. The van der Waals surface area contributed by atoms with Gasteiger partial charge in [0, 0.05) is 32.3 Å². The van der Waals surface area contributed by atoms with Crippen molar-refractivity contribution in [1.29, 1.82) is 0 Å². The van der Waals surface area contributed by atoms with Crippen LogP contribution in [-0.2, 0) is 18.3 Å². The van der Waals surface area contributed by atoms with Crippen molar-refractivity contribution in [2.75, 3.05) is 26.7 Å². The van der Waals surface area contributed by atoms with Gasteiger partial charge < -0.3 is 15.4 Å². The normalized spacial score (nSPS) is 16.2. The van der Waals surface area contributed by atoms with E-state index in [4.69, 9.17) is 10.5 Å². The molecule has 1 aliphatic heterocycles. The van der Waals surface area contributed by atoms with Crippen LogP contribution in [-0.4, -0.2) is 52.3 Å². The number of ether oxygens (including phenoxy) is 1. The zero-order valence-corrected chi connectivity index (χ0v) is 18.0. The van der Waals surface area contributed by atoms with Crippen LogP contribution in [0.25, 0.3) is 11.0 Å². The van der Waals surface area contributed by atoms with Crippen molar-refractivity contribution in [2.24, 2.45) is 18.7 Å². The fourth-order valence-electron chi connectivity index (χ4n) is 3.75. The Balaban J connectivity index is 0.00000182. The number of aryl methyl sites for hydroxylation is 3. The van der Waals surface area contributed by atoms with Gasteiger partial charge in [0.05, 0.1) is 12.5 Å². The number of hydrogen-bond donors (Lipinski definition) is 1. The van der Waals surface area contributed by atoms with Gasteiger partial charge in [-0.15, -0.1) is 29.9 Å². The Labute approximate surface area is 172 Å². The van der Waals surface area contributed by atoms with Gasteiger partial charge in [-0.3, -0.25) is 4.79 Å². The Morgan fingerprint density at radius 1 is 1.33 bits per heavy atom. The first-order valence-corrected chi connectivity index (χ1v) is 8.80. The summed E-state index contributed by atoms with van der Waals surface area (Å²) in [5.41, 5.74) is 9.69. The Bertz CT molecular complexity index is 809. The SMILES string of the molecule is COc1nn(C)c2nc(C)c(CCC(=O)N3CCC(CN)C3)c(C)c12.Cl.Cl. The molecule has 9 heteroatoms. The van der Waals surface area contributed by atoms with E-state index in [9.17, 15) is 4.79 Å². The zero-order valence-electron chi connectivity index (χ0n) is 16.3. The molecule has 152 valence electrons. The zero-order chi connectivity index (χ0) is 18.1. The van der Waals surface area contributed by atoms with E-state index in [0.29, 0.717) is 31.2 Å². The molecule has 1 unspecified atom stereocenters. The van der Waals surface area contributed by atoms with Crippen molar-refractivity contribution < 1.29 is 9.53 Å². The summed E-state index contributed by atoms with van der Waals surface area (Å²) in [5.74, 6) is 1.23. The summed E-state index contributed by atoms with van der Waals surface area (Å²) in [7, 11) is 3.48. The summed E-state index contributed by atoms with van der Waals surface area (Å²) < 4.78 is 7.13. The number of rotatable bonds is 5. The average Bonchev–Trinajstić information content (AvgIpc) is 3.19. The maximum atomic E-state index is 12.5. The van der Waals surface area contributed by atoms with Gasteiger partial charge in [0.25, 0.3) is 0 Å². The quantitative estimate of drug-likeness (QED) is 0.805. The molecule has 2 N–H and O–H groups in total. The fraction of sp³-hybridized carbons (Fsp3) is 0.611. The summed E-state index contributed by atoms with van der Waals surface area (Å²) >= 11 is 0. The molecule has 2 aromatic heterocycles. The first-order chi connectivity index (χ1) is 12.0. The van der Waals surface area contributed by atoms with Crippen molar-refractivity contribution >= 4 is 41.8 Å². The third-order valence-electron chi connectivity index (χ3n) is 5.28. The lowest BCUT2D eigenvalue weighted by atomic mass is 10.00. The molecule has 27 heavy (non-hydrogen) atoms. The molecular weight excluding hydrogens is 389 g/mol. The Morgan fingerprint density at radius 3 is 2.63 bits per heavy atom. The first kappa shape index (κ1) is 23.5. The van der Waals surface area contributed by atoms with Crippen LogP contribution >= 0.6 is 24.8 Å². The topological polar surface area (TPSA) is 86.3 Å². The third-order valence-corrected chi connectivity index (χ3v) is 5.28.